The van der Waals surface area contributed by atoms with Gasteiger partial charge in [0.05, 0.1) is 5.39 Å². The molecule has 0 radical (unpaired) electrons. The molecule has 5 aromatic rings. The third kappa shape index (κ3) is 4.58. The lowest BCUT2D eigenvalue weighted by atomic mass is 10.2. The number of hydrogen-bond donors (Lipinski definition) is 1. The molecule has 0 unspecified atom stereocenters. The Bertz CT molecular complexity index is 1530. The second kappa shape index (κ2) is 9.99. The van der Waals surface area contributed by atoms with Gasteiger partial charge in [0.2, 0.25) is 16.4 Å². The molecular formula is C26H24ClN4O2S+. The highest BCUT2D eigenvalue weighted by Gasteiger charge is 2.26. The molecule has 3 aromatic heterocycles. The first-order chi connectivity index (χ1) is 16.6. The van der Waals surface area contributed by atoms with Crippen molar-refractivity contribution in [1.29, 1.82) is 0 Å². The minimum Gasteiger partial charge on any atom is -0.448 e. The number of H-pyrrole nitrogens is 1. The van der Waals surface area contributed by atoms with E-state index < -0.39 is 0 Å². The number of furan rings is 1. The zero-order valence-electron chi connectivity index (χ0n) is 18.8. The van der Waals surface area contributed by atoms with E-state index in [0.29, 0.717) is 38.6 Å². The fourth-order valence-corrected chi connectivity index (χ4v) is 4.95. The predicted molar refractivity (Wildman–Crippen MR) is 136 cm³/mol. The van der Waals surface area contributed by atoms with Gasteiger partial charge >= 0.3 is 11.4 Å². The highest BCUT2D eigenvalue weighted by molar-refractivity contribution is 7.99. The Hall–Kier alpha value is -3.16. The van der Waals surface area contributed by atoms with Crippen molar-refractivity contribution < 1.29 is 8.93 Å². The number of rotatable bonds is 8. The van der Waals surface area contributed by atoms with Gasteiger partial charge in [-0.3, -0.25) is 9.78 Å². The van der Waals surface area contributed by atoms with Crippen LogP contribution < -0.4 is 10.1 Å². The molecule has 0 fully saturated rings. The number of aromatic nitrogens is 4. The van der Waals surface area contributed by atoms with Gasteiger partial charge in [0.1, 0.15) is 5.76 Å². The number of unbranched alkanes of at least 4 members (excludes halogenated alkanes) is 3. The molecule has 0 aliphatic carbocycles. The topological polar surface area (TPSA) is 75.9 Å². The number of nitrogens with one attached hydrogen (secondary N) is 1. The highest BCUT2D eigenvalue weighted by atomic mass is 35.5. The molecule has 0 spiro atoms. The van der Waals surface area contributed by atoms with Crippen LogP contribution in [0.15, 0.2) is 75.0 Å². The van der Waals surface area contributed by atoms with Crippen LogP contribution in [0, 0.1) is 0 Å². The molecule has 0 bridgehead atoms. The number of benzene rings is 2. The first-order valence-electron chi connectivity index (χ1n) is 11.4. The minimum absolute atomic E-state index is 0.201. The molecule has 0 saturated heterocycles. The molecule has 2 aromatic carbocycles. The van der Waals surface area contributed by atoms with Gasteiger partial charge in [0, 0.05) is 16.3 Å². The number of fused-ring (bicyclic) bond motifs is 3. The Labute approximate surface area is 206 Å². The SMILES string of the molecule is CCCCCCSc1n[n+]2c(-c3ccc(-c4cccc(Cl)c4)o3)nc3ccccc3c2c(=O)[nH]1. The summed E-state index contributed by atoms with van der Waals surface area (Å²) in [6.45, 7) is 2.19. The van der Waals surface area contributed by atoms with E-state index >= 15 is 0 Å². The Morgan fingerprint density at radius 2 is 1.88 bits per heavy atom. The summed E-state index contributed by atoms with van der Waals surface area (Å²) in [6, 6.07) is 18.8. The average molecular weight is 492 g/mol. The third-order valence-electron chi connectivity index (χ3n) is 5.60. The van der Waals surface area contributed by atoms with Crippen molar-refractivity contribution in [2.75, 3.05) is 5.75 Å². The van der Waals surface area contributed by atoms with Crippen LogP contribution in [0.25, 0.3) is 39.3 Å². The Morgan fingerprint density at radius 3 is 2.74 bits per heavy atom. The van der Waals surface area contributed by atoms with Gasteiger partial charge in [0.15, 0.2) is 5.52 Å². The molecule has 0 amide bonds. The fourth-order valence-electron chi connectivity index (χ4n) is 3.92. The maximum Gasteiger partial charge on any atom is 0.393 e. The van der Waals surface area contributed by atoms with Crippen molar-refractivity contribution >= 4 is 39.8 Å². The van der Waals surface area contributed by atoms with Crippen molar-refractivity contribution in [3.63, 3.8) is 0 Å². The van der Waals surface area contributed by atoms with E-state index in [2.05, 4.69) is 11.9 Å². The molecule has 34 heavy (non-hydrogen) atoms. The molecule has 0 aliphatic rings. The van der Waals surface area contributed by atoms with Gasteiger partial charge in [0.25, 0.3) is 0 Å². The van der Waals surface area contributed by atoms with Crippen LogP contribution in [0.4, 0.5) is 0 Å². The third-order valence-corrected chi connectivity index (χ3v) is 6.78. The molecule has 0 saturated carbocycles. The molecule has 5 rings (SSSR count). The first kappa shape index (κ1) is 22.6. The minimum atomic E-state index is -0.201. The van der Waals surface area contributed by atoms with E-state index in [-0.39, 0.29) is 5.56 Å². The van der Waals surface area contributed by atoms with Crippen molar-refractivity contribution in [3.05, 3.63) is 76.0 Å². The van der Waals surface area contributed by atoms with E-state index in [9.17, 15) is 4.79 Å². The van der Waals surface area contributed by atoms with Crippen molar-refractivity contribution in [3.8, 4) is 22.9 Å². The largest absolute Gasteiger partial charge is 0.448 e. The Kier molecular flexibility index (Phi) is 6.65. The maximum atomic E-state index is 13.2. The monoisotopic (exact) mass is 491 g/mol. The predicted octanol–water partition coefficient (Wildman–Crippen LogP) is 6.31. The molecule has 0 atom stereocenters. The van der Waals surface area contributed by atoms with Crippen LogP contribution in [0.1, 0.15) is 32.6 Å². The lowest BCUT2D eigenvalue weighted by Crippen LogP contribution is -2.38. The van der Waals surface area contributed by atoms with E-state index in [0.717, 1.165) is 23.1 Å². The summed E-state index contributed by atoms with van der Waals surface area (Å²) >= 11 is 7.71. The van der Waals surface area contributed by atoms with E-state index in [1.807, 2.05) is 60.7 Å². The van der Waals surface area contributed by atoms with Crippen molar-refractivity contribution in [1.82, 2.24) is 15.1 Å². The van der Waals surface area contributed by atoms with Crippen molar-refractivity contribution in [2.24, 2.45) is 0 Å². The molecule has 6 nitrogen and oxygen atoms in total. The smallest absolute Gasteiger partial charge is 0.393 e. The number of nitrogens with zero attached hydrogens (tertiary/aromatic N) is 3. The zero-order chi connectivity index (χ0) is 23.5. The quantitative estimate of drug-likeness (QED) is 0.119. The molecule has 1 N–H and O–H groups in total. The maximum absolute atomic E-state index is 13.2. The number of hydrogen-bond acceptors (Lipinski definition) is 5. The first-order valence-corrected chi connectivity index (χ1v) is 12.7. The summed E-state index contributed by atoms with van der Waals surface area (Å²) in [4.78, 5) is 21.0. The van der Waals surface area contributed by atoms with Gasteiger partial charge in [-0.05, 0) is 47.8 Å². The van der Waals surface area contributed by atoms with Gasteiger partial charge < -0.3 is 4.42 Å². The summed E-state index contributed by atoms with van der Waals surface area (Å²) in [5.41, 5.74) is 1.80. The van der Waals surface area contributed by atoms with Gasteiger partial charge in [-0.2, -0.15) is 0 Å². The van der Waals surface area contributed by atoms with Crippen molar-refractivity contribution in [2.45, 2.75) is 37.8 Å². The van der Waals surface area contributed by atoms with Crippen LogP contribution in [-0.4, -0.2) is 20.8 Å². The summed E-state index contributed by atoms with van der Waals surface area (Å²) in [6.07, 6.45) is 4.65. The van der Waals surface area contributed by atoms with E-state index in [1.54, 1.807) is 16.3 Å². The highest BCUT2D eigenvalue weighted by Crippen LogP contribution is 2.29. The summed E-state index contributed by atoms with van der Waals surface area (Å²) in [5, 5.41) is 6.69. The van der Waals surface area contributed by atoms with Crippen LogP contribution in [0.5, 0.6) is 0 Å². The van der Waals surface area contributed by atoms with Crippen LogP contribution in [0.2, 0.25) is 5.02 Å². The fraction of sp³-hybridized carbons (Fsp3) is 0.231. The summed E-state index contributed by atoms with van der Waals surface area (Å²) in [7, 11) is 0. The van der Waals surface area contributed by atoms with Gasteiger partial charge in [-0.1, -0.05) is 83.4 Å². The molecule has 3 heterocycles. The summed E-state index contributed by atoms with van der Waals surface area (Å²) in [5.74, 6) is 2.55. The normalized spacial score (nSPS) is 11.5. The number of aromatic amines is 1. The van der Waals surface area contributed by atoms with Crippen LogP contribution >= 0.6 is 23.4 Å². The zero-order valence-corrected chi connectivity index (χ0v) is 20.3. The van der Waals surface area contributed by atoms with Gasteiger partial charge in [-0.25, -0.2) is 0 Å². The van der Waals surface area contributed by atoms with E-state index in [4.69, 9.17) is 26.1 Å². The second-order valence-electron chi connectivity index (χ2n) is 8.06. The lowest BCUT2D eigenvalue weighted by molar-refractivity contribution is -0.577. The molecule has 8 heteroatoms. The second-order valence-corrected chi connectivity index (χ2v) is 9.58. The Morgan fingerprint density at radius 1 is 1.03 bits per heavy atom. The van der Waals surface area contributed by atoms with Crippen LogP contribution in [-0.2, 0) is 0 Å². The molecule has 172 valence electrons. The lowest BCUT2D eigenvalue weighted by Gasteiger charge is -2.03. The molecular weight excluding hydrogens is 468 g/mol. The Balaban J connectivity index is 1.62. The standard InChI is InChI=1S/C26H23ClN4O2S/c1-2-3-4-7-15-34-26-29-25(32)23-19-11-5-6-12-20(19)28-24(31(23)30-26)22-14-13-21(33-22)17-9-8-10-18(27)16-17/h5-6,8-14,16H,2-4,7,15H2,1H3/p+1. The number of thioether (sulfide) groups is 1. The number of para-hydroxylation sites is 1. The van der Waals surface area contributed by atoms with Crippen LogP contribution in [0.3, 0.4) is 0 Å². The molecule has 0 aliphatic heterocycles. The van der Waals surface area contributed by atoms with E-state index in [1.165, 1.54) is 19.3 Å². The number of halogens is 1. The summed E-state index contributed by atoms with van der Waals surface area (Å²) < 4.78 is 7.78. The van der Waals surface area contributed by atoms with Gasteiger partial charge in [-0.15, -0.1) is 0 Å². The average Bonchev–Trinajstić information content (AvgIpc) is 3.33.